The molecule has 0 aliphatic heterocycles. The summed E-state index contributed by atoms with van der Waals surface area (Å²) in [7, 11) is 0. The lowest BCUT2D eigenvalue weighted by molar-refractivity contribution is -0.143. The van der Waals surface area contributed by atoms with Gasteiger partial charge < -0.3 is 15.0 Å². The minimum atomic E-state index is -0.575. The van der Waals surface area contributed by atoms with E-state index < -0.39 is 6.04 Å². The number of amides is 2. The van der Waals surface area contributed by atoms with Gasteiger partial charge in [0, 0.05) is 22.6 Å². The van der Waals surface area contributed by atoms with E-state index in [0.29, 0.717) is 28.8 Å². The lowest BCUT2D eigenvalue weighted by Crippen LogP contribution is -2.52. The highest BCUT2D eigenvalue weighted by molar-refractivity contribution is 6.31. The maximum absolute atomic E-state index is 13.3. The van der Waals surface area contributed by atoms with Gasteiger partial charge in [0.2, 0.25) is 5.91 Å². The third-order valence-electron chi connectivity index (χ3n) is 5.85. The summed E-state index contributed by atoms with van der Waals surface area (Å²) in [5.41, 5.74) is 1.77. The molecule has 0 spiro atoms. The summed E-state index contributed by atoms with van der Waals surface area (Å²) in [5, 5.41) is 4.40. The van der Waals surface area contributed by atoms with Crippen molar-refractivity contribution in [2.24, 2.45) is 0 Å². The molecule has 5 nitrogen and oxygen atoms in total. The molecule has 1 aliphatic rings. The second-order valence-electron chi connectivity index (χ2n) is 8.26. The average molecular weight is 477 g/mol. The monoisotopic (exact) mass is 476 g/mol. The Morgan fingerprint density at radius 1 is 1.12 bits per heavy atom. The molecule has 7 heteroatoms. The van der Waals surface area contributed by atoms with Gasteiger partial charge in [0.1, 0.15) is 11.8 Å². The molecular formula is C25H30Cl2N2O3. The first kappa shape index (κ1) is 24.4. The Bertz CT molecular complexity index is 927. The van der Waals surface area contributed by atoms with Crippen LogP contribution in [0.1, 0.15) is 50.2 Å². The molecule has 1 fully saturated rings. The van der Waals surface area contributed by atoms with Crippen molar-refractivity contribution in [3.63, 3.8) is 0 Å². The zero-order valence-corrected chi connectivity index (χ0v) is 20.1. The maximum Gasteiger partial charge on any atom is 0.261 e. The Morgan fingerprint density at radius 3 is 2.44 bits per heavy atom. The van der Waals surface area contributed by atoms with E-state index in [2.05, 4.69) is 5.32 Å². The van der Waals surface area contributed by atoms with Gasteiger partial charge in [-0.15, -0.1) is 0 Å². The summed E-state index contributed by atoms with van der Waals surface area (Å²) in [6, 6.07) is 12.2. The van der Waals surface area contributed by atoms with Crippen LogP contribution in [0.3, 0.4) is 0 Å². The van der Waals surface area contributed by atoms with Crippen LogP contribution in [-0.2, 0) is 16.1 Å². The first-order chi connectivity index (χ1) is 15.4. The largest absolute Gasteiger partial charge is 0.484 e. The fourth-order valence-corrected chi connectivity index (χ4v) is 4.25. The van der Waals surface area contributed by atoms with E-state index in [1.54, 1.807) is 35.2 Å². The van der Waals surface area contributed by atoms with Gasteiger partial charge in [0.15, 0.2) is 6.61 Å². The van der Waals surface area contributed by atoms with E-state index in [9.17, 15) is 9.59 Å². The number of hydrogen-bond donors (Lipinski definition) is 1. The van der Waals surface area contributed by atoms with Crippen LogP contribution in [-0.4, -0.2) is 35.4 Å². The van der Waals surface area contributed by atoms with Crippen molar-refractivity contribution < 1.29 is 14.3 Å². The van der Waals surface area contributed by atoms with Gasteiger partial charge in [-0.3, -0.25) is 9.59 Å². The second-order valence-corrected chi connectivity index (χ2v) is 9.11. The van der Waals surface area contributed by atoms with Crippen molar-refractivity contribution in [3.05, 3.63) is 63.6 Å². The molecule has 0 aromatic heterocycles. The van der Waals surface area contributed by atoms with E-state index in [4.69, 9.17) is 27.9 Å². The Morgan fingerprint density at radius 2 is 1.81 bits per heavy atom. The van der Waals surface area contributed by atoms with Crippen LogP contribution in [0.15, 0.2) is 42.5 Å². The summed E-state index contributed by atoms with van der Waals surface area (Å²) in [6.07, 6.45) is 4.75. The Balaban J connectivity index is 1.75. The SMILES string of the molecule is CC[C@@H](C(=O)NC1CCCC1)N(Cc1ccc(Cl)cc1)C(=O)COc1ccc(Cl)c(C)c1. The smallest absolute Gasteiger partial charge is 0.261 e. The minimum absolute atomic E-state index is 0.107. The van der Waals surface area contributed by atoms with Crippen LogP contribution < -0.4 is 10.1 Å². The Kier molecular flexibility index (Phi) is 8.83. The third-order valence-corrected chi connectivity index (χ3v) is 6.52. The number of carbonyl (C=O) groups is 2. The molecule has 1 N–H and O–H groups in total. The van der Waals surface area contributed by atoms with Gasteiger partial charge in [-0.05, 0) is 67.6 Å². The van der Waals surface area contributed by atoms with Crippen molar-refractivity contribution >= 4 is 35.0 Å². The molecule has 1 atom stereocenters. The van der Waals surface area contributed by atoms with Crippen LogP contribution in [0.4, 0.5) is 0 Å². The first-order valence-corrected chi connectivity index (χ1v) is 11.9. The summed E-state index contributed by atoms with van der Waals surface area (Å²) < 4.78 is 5.75. The van der Waals surface area contributed by atoms with Crippen molar-refractivity contribution in [3.8, 4) is 5.75 Å². The third kappa shape index (κ3) is 6.63. The topological polar surface area (TPSA) is 58.6 Å². The zero-order chi connectivity index (χ0) is 23.1. The average Bonchev–Trinajstić information content (AvgIpc) is 3.28. The predicted molar refractivity (Wildman–Crippen MR) is 128 cm³/mol. The fourth-order valence-electron chi connectivity index (χ4n) is 4.01. The molecule has 32 heavy (non-hydrogen) atoms. The standard InChI is InChI=1S/C25H30Cl2N2O3/c1-3-23(25(31)28-20-6-4-5-7-20)29(15-18-8-10-19(26)11-9-18)24(30)16-32-21-12-13-22(27)17(2)14-21/h8-14,20,23H,3-7,15-16H2,1-2H3,(H,28,31)/t23-/m0/s1. The number of carbonyl (C=O) groups excluding carboxylic acids is 2. The highest BCUT2D eigenvalue weighted by atomic mass is 35.5. The zero-order valence-electron chi connectivity index (χ0n) is 18.6. The van der Waals surface area contributed by atoms with Crippen LogP contribution in [0, 0.1) is 6.92 Å². The van der Waals surface area contributed by atoms with Crippen molar-refractivity contribution in [2.45, 2.75) is 64.6 Å². The number of aryl methyl sites for hydroxylation is 1. The molecule has 1 saturated carbocycles. The number of ether oxygens (including phenoxy) is 1. The van der Waals surface area contributed by atoms with Gasteiger partial charge in [-0.25, -0.2) is 0 Å². The summed E-state index contributed by atoms with van der Waals surface area (Å²) in [6.45, 7) is 3.94. The molecule has 2 aromatic rings. The number of nitrogens with one attached hydrogen (secondary N) is 1. The van der Waals surface area contributed by atoms with Crippen LogP contribution in [0.5, 0.6) is 5.75 Å². The molecule has 0 heterocycles. The summed E-state index contributed by atoms with van der Waals surface area (Å²) in [4.78, 5) is 28.0. The summed E-state index contributed by atoms with van der Waals surface area (Å²) in [5.74, 6) is 0.208. The minimum Gasteiger partial charge on any atom is -0.484 e. The molecule has 2 amide bonds. The number of benzene rings is 2. The second kappa shape index (κ2) is 11.6. The van der Waals surface area contributed by atoms with Gasteiger partial charge in [-0.2, -0.15) is 0 Å². The van der Waals surface area contributed by atoms with Crippen LogP contribution in [0.25, 0.3) is 0 Å². The molecule has 0 saturated heterocycles. The van der Waals surface area contributed by atoms with Crippen molar-refractivity contribution in [1.82, 2.24) is 10.2 Å². The summed E-state index contributed by atoms with van der Waals surface area (Å²) >= 11 is 12.1. The number of hydrogen-bond acceptors (Lipinski definition) is 3. The predicted octanol–water partition coefficient (Wildman–Crippen LogP) is 5.55. The van der Waals surface area contributed by atoms with E-state index in [1.165, 1.54) is 0 Å². The van der Waals surface area contributed by atoms with Gasteiger partial charge in [0.05, 0.1) is 0 Å². The van der Waals surface area contributed by atoms with E-state index >= 15 is 0 Å². The van der Waals surface area contributed by atoms with Crippen LogP contribution >= 0.6 is 23.2 Å². The molecule has 2 aromatic carbocycles. The fraction of sp³-hybridized carbons (Fsp3) is 0.440. The lowest BCUT2D eigenvalue weighted by atomic mass is 10.1. The van der Waals surface area contributed by atoms with E-state index in [1.807, 2.05) is 26.0 Å². The molecular weight excluding hydrogens is 447 g/mol. The molecule has 1 aliphatic carbocycles. The number of rotatable bonds is 9. The molecule has 0 radical (unpaired) electrons. The van der Waals surface area contributed by atoms with Gasteiger partial charge >= 0.3 is 0 Å². The van der Waals surface area contributed by atoms with E-state index in [0.717, 1.165) is 36.8 Å². The van der Waals surface area contributed by atoms with Gasteiger partial charge in [0.25, 0.3) is 5.91 Å². The van der Waals surface area contributed by atoms with Crippen molar-refractivity contribution in [2.75, 3.05) is 6.61 Å². The van der Waals surface area contributed by atoms with Gasteiger partial charge in [-0.1, -0.05) is 55.1 Å². The lowest BCUT2D eigenvalue weighted by Gasteiger charge is -2.31. The maximum atomic E-state index is 13.3. The molecule has 0 unspecified atom stereocenters. The molecule has 3 rings (SSSR count). The highest BCUT2D eigenvalue weighted by Gasteiger charge is 2.30. The van der Waals surface area contributed by atoms with Crippen molar-refractivity contribution in [1.29, 1.82) is 0 Å². The quantitative estimate of drug-likeness (QED) is 0.516. The van der Waals surface area contributed by atoms with E-state index in [-0.39, 0.29) is 24.5 Å². The molecule has 172 valence electrons. The Labute approximate surface area is 200 Å². The highest BCUT2D eigenvalue weighted by Crippen LogP contribution is 2.22. The number of nitrogens with zero attached hydrogens (tertiary/aromatic N) is 1. The first-order valence-electron chi connectivity index (χ1n) is 11.1. The Hall–Kier alpha value is -2.24. The number of halogens is 2. The van der Waals surface area contributed by atoms with Crippen LogP contribution in [0.2, 0.25) is 10.0 Å². The molecule has 0 bridgehead atoms. The normalized spacial score (nSPS) is 14.8.